The third-order valence-corrected chi connectivity index (χ3v) is 2.92. The first kappa shape index (κ1) is 16.2. The van der Waals surface area contributed by atoms with Crippen molar-refractivity contribution in [2.75, 3.05) is 0 Å². The lowest BCUT2D eigenvalue weighted by Gasteiger charge is -2.13. The van der Waals surface area contributed by atoms with E-state index in [4.69, 9.17) is 5.11 Å². The van der Waals surface area contributed by atoms with Crippen LogP contribution in [0, 0.1) is 5.92 Å². The maximum Gasteiger partial charge on any atom is 0.305 e. The smallest absolute Gasteiger partial charge is 0.305 e. The quantitative estimate of drug-likeness (QED) is 0.796. The second kappa shape index (κ2) is 7.07. The highest BCUT2D eigenvalue weighted by molar-refractivity contribution is 5.95. The summed E-state index contributed by atoms with van der Waals surface area (Å²) in [4.78, 5) is 22.8. The van der Waals surface area contributed by atoms with E-state index < -0.39 is 12.0 Å². The molecule has 0 aliphatic rings. The molecule has 1 rings (SSSR count). The van der Waals surface area contributed by atoms with Crippen LogP contribution in [0.5, 0.6) is 0 Å². The third-order valence-electron chi connectivity index (χ3n) is 2.92. The Bertz CT molecular complexity index is 480. The molecule has 112 valence electrons. The van der Waals surface area contributed by atoms with Crippen LogP contribution >= 0.6 is 0 Å². The lowest BCUT2D eigenvalue weighted by atomic mass is 10.1. The van der Waals surface area contributed by atoms with Gasteiger partial charge in [0.05, 0.1) is 23.9 Å². The fraction of sp³-hybridized carbons (Fsp3) is 0.643. The largest absolute Gasteiger partial charge is 0.481 e. The fourth-order valence-electron chi connectivity index (χ4n) is 2.09. The van der Waals surface area contributed by atoms with Gasteiger partial charge in [-0.1, -0.05) is 20.8 Å². The van der Waals surface area contributed by atoms with E-state index in [0.717, 1.165) is 12.2 Å². The number of amides is 1. The molecule has 1 aromatic rings. The van der Waals surface area contributed by atoms with E-state index in [-0.39, 0.29) is 12.3 Å². The standard InChI is InChI=1S/C14H23N3O3/c1-5-12-11(7-15-17(12)8-9(2)3)14(20)16-10(4)6-13(18)19/h7,9-10H,5-6,8H2,1-4H3,(H,16,20)(H,18,19). The van der Waals surface area contributed by atoms with Crippen molar-refractivity contribution in [3.8, 4) is 0 Å². The summed E-state index contributed by atoms with van der Waals surface area (Å²) in [7, 11) is 0. The number of aliphatic carboxylic acids is 1. The Labute approximate surface area is 119 Å². The molecule has 0 fully saturated rings. The second-order valence-electron chi connectivity index (χ2n) is 5.41. The number of carboxylic acids is 1. The molecule has 1 heterocycles. The van der Waals surface area contributed by atoms with Gasteiger partial charge >= 0.3 is 5.97 Å². The van der Waals surface area contributed by atoms with Crippen LogP contribution in [0.1, 0.15) is 50.2 Å². The Morgan fingerprint density at radius 3 is 2.55 bits per heavy atom. The van der Waals surface area contributed by atoms with E-state index in [0.29, 0.717) is 17.9 Å². The zero-order chi connectivity index (χ0) is 15.3. The molecular formula is C14H23N3O3. The summed E-state index contributed by atoms with van der Waals surface area (Å²) < 4.78 is 1.85. The number of carboxylic acid groups (broad SMARTS) is 1. The summed E-state index contributed by atoms with van der Waals surface area (Å²) in [5.74, 6) is -0.739. The van der Waals surface area contributed by atoms with Gasteiger partial charge in [0.25, 0.3) is 5.91 Å². The monoisotopic (exact) mass is 281 g/mol. The van der Waals surface area contributed by atoms with Crippen LogP contribution in [0.15, 0.2) is 6.20 Å². The average Bonchev–Trinajstić information content (AvgIpc) is 2.69. The first-order valence-corrected chi connectivity index (χ1v) is 6.92. The molecule has 1 aromatic heterocycles. The molecule has 0 aliphatic carbocycles. The van der Waals surface area contributed by atoms with Crippen molar-refractivity contribution < 1.29 is 14.7 Å². The van der Waals surface area contributed by atoms with Gasteiger partial charge in [0.1, 0.15) is 0 Å². The highest BCUT2D eigenvalue weighted by Crippen LogP contribution is 2.12. The number of rotatable bonds is 7. The van der Waals surface area contributed by atoms with Gasteiger partial charge < -0.3 is 10.4 Å². The number of carbonyl (C=O) groups excluding carboxylic acids is 1. The van der Waals surface area contributed by atoms with E-state index in [1.165, 1.54) is 0 Å². The molecule has 2 N–H and O–H groups in total. The molecule has 1 atom stereocenters. The lowest BCUT2D eigenvalue weighted by Crippen LogP contribution is -2.34. The van der Waals surface area contributed by atoms with Crippen molar-refractivity contribution >= 4 is 11.9 Å². The van der Waals surface area contributed by atoms with E-state index in [9.17, 15) is 9.59 Å². The number of hydrogen-bond acceptors (Lipinski definition) is 3. The molecule has 0 saturated carbocycles. The highest BCUT2D eigenvalue weighted by Gasteiger charge is 2.19. The molecule has 0 saturated heterocycles. The van der Waals surface area contributed by atoms with E-state index in [1.807, 2.05) is 11.6 Å². The Hall–Kier alpha value is -1.85. The summed E-state index contributed by atoms with van der Waals surface area (Å²) >= 11 is 0. The number of carbonyl (C=O) groups is 2. The van der Waals surface area contributed by atoms with Gasteiger partial charge in [-0.15, -0.1) is 0 Å². The van der Waals surface area contributed by atoms with E-state index in [1.54, 1.807) is 13.1 Å². The Morgan fingerprint density at radius 2 is 2.05 bits per heavy atom. The molecule has 0 aliphatic heterocycles. The van der Waals surface area contributed by atoms with Crippen LogP contribution in [0.25, 0.3) is 0 Å². The maximum absolute atomic E-state index is 12.2. The van der Waals surface area contributed by atoms with Crippen LogP contribution in [0.4, 0.5) is 0 Å². The van der Waals surface area contributed by atoms with Crippen LogP contribution in [0.2, 0.25) is 0 Å². The number of nitrogens with zero attached hydrogens (tertiary/aromatic N) is 2. The van der Waals surface area contributed by atoms with Crippen LogP contribution in [0.3, 0.4) is 0 Å². The van der Waals surface area contributed by atoms with Crippen molar-refractivity contribution in [3.63, 3.8) is 0 Å². The number of hydrogen-bond donors (Lipinski definition) is 2. The predicted molar refractivity (Wildman–Crippen MR) is 75.6 cm³/mol. The molecule has 0 spiro atoms. The minimum absolute atomic E-state index is 0.0900. The molecule has 0 bridgehead atoms. The van der Waals surface area contributed by atoms with Gasteiger partial charge in [-0.25, -0.2) is 0 Å². The van der Waals surface area contributed by atoms with Gasteiger partial charge in [-0.05, 0) is 19.3 Å². The summed E-state index contributed by atoms with van der Waals surface area (Å²) in [6.07, 6.45) is 2.18. The summed E-state index contributed by atoms with van der Waals surface area (Å²) in [6, 6.07) is -0.404. The second-order valence-corrected chi connectivity index (χ2v) is 5.41. The van der Waals surface area contributed by atoms with E-state index in [2.05, 4.69) is 24.3 Å². The maximum atomic E-state index is 12.2. The van der Waals surface area contributed by atoms with Crippen molar-refractivity contribution in [2.45, 2.75) is 53.1 Å². The Morgan fingerprint density at radius 1 is 1.40 bits per heavy atom. The highest BCUT2D eigenvalue weighted by atomic mass is 16.4. The zero-order valence-corrected chi connectivity index (χ0v) is 12.5. The minimum Gasteiger partial charge on any atom is -0.481 e. The fourth-order valence-corrected chi connectivity index (χ4v) is 2.09. The molecule has 6 heteroatoms. The van der Waals surface area contributed by atoms with Crippen molar-refractivity contribution in [1.82, 2.24) is 15.1 Å². The lowest BCUT2D eigenvalue weighted by molar-refractivity contribution is -0.137. The average molecular weight is 281 g/mol. The summed E-state index contributed by atoms with van der Waals surface area (Å²) in [5.41, 5.74) is 1.42. The SMILES string of the molecule is CCc1c(C(=O)NC(C)CC(=O)O)cnn1CC(C)C. The normalized spacial score (nSPS) is 12.4. The summed E-state index contributed by atoms with van der Waals surface area (Å²) in [5, 5.41) is 15.7. The molecule has 1 unspecified atom stereocenters. The predicted octanol–water partition coefficient (Wildman–Crippen LogP) is 1.69. The number of nitrogens with one attached hydrogen (secondary N) is 1. The first-order valence-electron chi connectivity index (χ1n) is 6.92. The number of aromatic nitrogens is 2. The molecule has 1 amide bonds. The van der Waals surface area contributed by atoms with Crippen LogP contribution < -0.4 is 5.32 Å². The zero-order valence-electron chi connectivity index (χ0n) is 12.5. The Kier molecular flexibility index (Phi) is 5.73. The molecule has 0 aromatic carbocycles. The first-order chi connectivity index (χ1) is 9.35. The molecule has 20 heavy (non-hydrogen) atoms. The van der Waals surface area contributed by atoms with Crippen molar-refractivity contribution in [1.29, 1.82) is 0 Å². The molecule has 0 radical (unpaired) electrons. The topological polar surface area (TPSA) is 84.2 Å². The van der Waals surface area contributed by atoms with Crippen LogP contribution in [-0.2, 0) is 17.8 Å². The van der Waals surface area contributed by atoms with E-state index >= 15 is 0 Å². The van der Waals surface area contributed by atoms with Crippen molar-refractivity contribution in [3.05, 3.63) is 17.5 Å². The van der Waals surface area contributed by atoms with Crippen LogP contribution in [-0.4, -0.2) is 32.8 Å². The molecular weight excluding hydrogens is 258 g/mol. The Balaban J connectivity index is 2.82. The van der Waals surface area contributed by atoms with Gasteiger partial charge in [0.15, 0.2) is 0 Å². The van der Waals surface area contributed by atoms with Gasteiger partial charge in [0.2, 0.25) is 0 Å². The van der Waals surface area contributed by atoms with Gasteiger partial charge in [-0.3, -0.25) is 14.3 Å². The summed E-state index contributed by atoms with van der Waals surface area (Å²) in [6.45, 7) is 8.61. The third kappa shape index (κ3) is 4.36. The van der Waals surface area contributed by atoms with Crippen molar-refractivity contribution in [2.24, 2.45) is 5.92 Å². The molecule has 6 nitrogen and oxygen atoms in total. The van der Waals surface area contributed by atoms with Gasteiger partial charge in [-0.2, -0.15) is 5.10 Å². The minimum atomic E-state index is -0.927. The van der Waals surface area contributed by atoms with Gasteiger partial charge in [0, 0.05) is 12.6 Å².